The third-order valence-electron chi connectivity index (χ3n) is 8.64. The van der Waals surface area contributed by atoms with Gasteiger partial charge in [-0.05, 0) is 77.2 Å². The minimum absolute atomic E-state index is 0.0859. The molecule has 38 heavy (non-hydrogen) atoms. The van der Waals surface area contributed by atoms with Gasteiger partial charge in [0.05, 0.1) is 18.3 Å². The minimum Gasteiger partial charge on any atom is -0.457 e. The van der Waals surface area contributed by atoms with Crippen LogP contribution in [-0.2, 0) is 28.5 Å². The van der Waals surface area contributed by atoms with Gasteiger partial charge in [0.25, 0.3) is 0 Å². The Morgan fingerprint density at radius 2 is 1.79 bits per heavy atom. The van der Waals surface area contributed by atoms with Crippen molar-refractivity contribution in [2.45, 2.75) is 146 Å². The molecule has 212 valence electrons. The molecule has 0 N–H and O–H groups in total. The standard InChI is InChI=1S/C31H46O7/c1-5-14-22(3)34-24-17-10-11-18-25(24)35-28(32)30(4,6-2)37-26(23-15-8-7-9-16-23)21-31-20-13-12-19-27(31)36-29(33)38-31/h7-9,15-16,22,24-27H,5-6,10-14,17-21H2,1-4H3/t22?,24-,25-,26-,27+,30?,31-/m0/s1. The maximum atomic E-state index is 13.7. The Kier molecular flexibility index (Phi) is 9.74. The minimum atomic E-state index is -1.16. The lowest BCUT2D eigenvalue weighted by Crippen LogP contribution is -2.48. The van der Waals surface area contributed by atoms with Crippen LogP contribution in [0.3, 0.4) is 0 Å². The Bertz CT molecular complexity index is 920. The van der Waals surface area contributed by atoms with Gasteiger partial charge in [0.15, 0.2) is 11.2 Å². The number of hydrogen-bond acceptors (Lipinski definition) is 7. The molecule has 4 rings (SSSR count). The number of hydrogen-bond donors (Lipinski definition) is 0. The van der Waals surface area contributed by atoms with Crippen LogP contribution in [0.2, 0.25) is 0 Å². The lowest BCUT2D eigenvalue weighted by Gasteiger charge is -2.40. The van der Waals surface area contributed by atoms with Gasteiger partial charge >= 0.3 is 12.1 Å². The molecule has 1 aliphatic heterocycles. The van der Waals surface area contributed by atoms with Gasteiger partial charge in [0.1, 0.15) is 12.2 Å². The van der Waals surface area contributed by atoms with Crippen LogP contribution in [0, 0.1) is 0 Å². The first-order valence-electron chi connectivity index (χ1n) is 14.8. The summed E-state index contributed by atoms with van der Waals surface area (Å²) in [5.74, 6) is -0.359. The lowest BCUT2D eigenvalue weighted by molar-refractivity contribution is -0.199. The summed E-state index contributed by atoms with van der Waals surface area (Å²) in [7, 11) is 0. The maximum absolute atomic E-state index is 13.7. The molecule has 0 aromatic heterocycles. The molecule has 1 heterocycles. The number of carbonyl (C=O) groups excluding carboxylic acids is 2. The highest BCUT2D eigenvalue weighted by Gasteiger charge is 2.54. The quantitative estimate of drug-likeness (QED) is 0.264. The zero-order valence-corrected chi connectivity index (χ0v) is 23.6. The molecule has 7 heteroatoms. The number of ether oxygens (including phenoxy) is 5. The van der Waals surface area contributed by atoms with E-state index in [9.17, 15) is 9.59 Å². The predicted molar refractivity (Wildman–Crippen MR) is 144 cm³/mol. The molecule has 2 saturated carbocycles. The van der Waals surface area contributed by atoms with Crippen LogP contribution >= 0.6 is 0 Å². The van der Waals surface area contributed by atoms with Crippen molar-refractivity contribution < 1.29 is 33.3 Å². The van der Waals surface area contributed by atoms with Gasteiger partial charge in [-0.1, -0.05) is 57.0 Å². The van der Waals surface area contributed by atoms with Crippen LogP contribution in [0.1, 0.15) is 116 Å². The fourth-order valence-corrected chi connectivity index (χ4v) is 6.23. The van der Waals surface area contributed by atoms with Crippen molar-refractivity contribution >= 4 is 12.1 Å². The van der Waals surface area contributed by atoms with Crippen LogP contribution in [-0.4, -0.2) is 47.7 Å². The number of fused-ring (bicyclic) bond motifs is 1. The highest BCUT2D eigenvalue weighted by atomic mass is 16.8. The molecule has 0 bridgehead atoms. The highest BCUT2D eigenvalue weighted by molar-refractivity contribution is 5.79. The molecule has 0 radical (unpaired) electrons. The zero-order valence-electron chi connectivity index (χ0n) is 23.6. The second kappa shape index (κ2) is 12.8. The Morgan fingerprint density at radius 1 is 1.08 bits per heavy atom. The van der Waals surface area contributed by atoms with E-state index >= 15 is 0 Å². The second-order valence-corrected chi connectivity index (χ2v) is 11.6. The molecule has 7 atom stereocenters. The summed E-state index contributed by atoms with van der Waals surface area (Å²) in [6, 6.07) is 9.87. The van der Waals surface area contributed by atoms with Crippen LogP contribution in [0.4, 0.5) is 4.79 Å². The van der Waals surface area contributed by atoms with Crippen LogP contribution in [0.5, 0.6) is 0 Å². The van der Waals surface area contributed by atoms with Gasteiger partial charge in [-0.2, -0.15) is 0 Å². The summed E-state index contributed by atoms with van der Waals surface area (Å²) in [4.78, 5) is 25.9. The van der Waals surface area contributed by atoms with Crippen LogP contribution in [0.25, 0.3) is 0 Å². The van der Waals surface area contributed by atoms with Crippen molar-refractivity contribution in [2.75, 3.05) is 0 Å². The molecule has 7 nitrogen and oxygen atoms in total. The van der Waals surface area contributed by atoms with Gasteiger partial charge in [-0.15, -0.1) is 0 Å². The Morgan fingerprint density at radius 3 is 2.50 bits per heavy atom. The molecule has 3 aliphatic rings. The molecule has 2 unspecified atom stereocenters. The summed E-state index contributed by atoms with van der Waals surface area (Å²) >= 11 is 0. The molecular formula is C31H46O7. The SMILES string of the molecule is CCCC(C)O[C@H]1CCCC[C@@H]1OC(=O)C(C)(CC)O[C@@H](C[C@@]12CCCC[C@H]1OC(=O)O2)c1ccccc1. The van der Waals surface area contributed by atoms with Crippen LogP contribution in [0.15, 0.2) is 30.3 Å². The largest absolute Gasteiger partial charge is 0.509 e. The predicted octanol–water partition coefficient (Wildman–Crippen LogP) is 7.21. The average Bonchev–Trinajstić information content (AvgIpc) is 3.25. The van der Waals surface area contributed by atoms with Crippen molar-refractivity contribution in [3.8, 4) is 0 Å². The van der Waals surface area contributed by atoms with E-state index < -0.39 is 23.5 Å². The smallest absolute Gasteiger partial charge is 0.457 e. The van der Waals surface area contributed by atoms with E-state index in [1.54, 1.807) is 0 Å². The van der Waals surface area contributed by atoms with Gasteiger partial charge in [0, 0.05) is 6.42 Å². The molecule has 1 saturated heterocycles. The van der Waals surface area contributed by atoms with Crippen molar-refractivity contribution in [1.82, 2.24) is 0 Å². The van der Waals surface area contributed by atoms with E-state index in [0.717, 1.165) is 69.8 Å². The molecule has 2 aliphatic carbocycles. The third-order valence-corrected chi connectivity index (χ3v) is 8.64. The number of rotatable bonds is 12. The molecular weight excluding hydrogens is 484 g/mol. The normalized spacial score (nSPS) is 30.3. The summed E-state index contributed by atoms with van der Waals surface area (Å²) in [5, 5.41) is 0. The lowest BCUT2D eigenvalue weighted by atomic mass is 9.77. The molecule has 3 fully saturated rings. The monoisotopic (exact) mass is 530 g/mol. The molecule has 0 amide bonds. The van der Waals surface area contributed by atoms with E-state index in [-0.39, 0.29) is 30.4 Å². The first kappa shape index (κ1) is 28.9. The van der Waals surface area contributed by atoms with E-state index in [1.165, 1.54) is 0 Å². The van der Waals surface area contributed by atoms with E-state index in [0.29, 0.717) is 12.8 Å². The Labute approximate surface area is 227 Å². The Hall–Kier alpha value is -2.12. The third kappa shape index (κ3) is 6.71. The zero-order chi connectivity index (χ0) is 27.2. The number of esters is 1. The molecule has 0 spiro atoms. The van der Waals surface area contributed by atoms with E-state index in [4.69, 9.17) is 23.7 Å². The second-order valence-electron chi connectivity index (χ2n) is 11.6. The highest BCUT2D eigenvalue weighted by Crippen LogP contribution is 2.46. The van der Waals surface area contributed by atoms with Gasteiger partial charge in [-0.3, -0.25) is 0 Å². The summed E-state index contributed by atoms with van der Waals surface area (Å²) in [5.41, 5.74) is -0.970. The summed E-state index contributed by atoms with van der Waals surface area (Å²) < 4.78 is 30.6. The average molecular weight is 531 g/mol. The van der Waals surface area contributed by atoms with E-state index in [2.05, 4.69) is 13.8 Å². The van der Waals surface area contributed by atoms with Crippen LogP contribution < -0.4 is 0 Å². The number of carbonyl (C=O) groups is 2. The fourth-order valence-electron chi connectivity index (χ4n) is 6.23. The van der Waals surface area contributed by atoms with E-state index in [1.807, 2.05) is 44.2 Å². The maximum Gasteiger partial charge on any atom is 0.509 e. The van der Waals surface area contributed by atoms with Gasteiger partial charge in [-0.25, -0.2) is 9.59 Å². The van der Waals surface area contributed by atoms with Gasteiger partial charge < -0.3 is 23.7 Å². The molecule has 1 aromatic carbocycles. The first-order chi connectivity index (χ1) is 18.3. The first-order valence-corrected chi connectivity index (χ1v) is 14.8. The van der Waals surface area contributed by atoms with Crippen molar-refractivity contribution in [3.63, 3.8) is 0 Å². The molecule has 1 aromatic rings. The Balaban J connectivity index is 1.52. The number of benzene rings is 1. The van der Waals surface area contributed by atoms with Crippen molar-refractivity contribution in [1.29, 1.82) is 0 Å². The summed E-state index contributed by atoms with van der Waals surface area (Å²) in [6.07, 6.45) is 8.61. The fraction of sp³-hybridized carbons (Fsp3) is 0.742. The van der Waals surface area contributed by atoms with Crippen molar-refractivity contribution in [2.24, 2.45) is 0 Å². The van der Waals surface area contributed by atoms with Gasteiger partial charge in [0.2, 0.25) is 0 Å². The van der Waals surface area contributed by atoms with Crippen molar-refractivity contribution in [3.05, 3.63) is 35.9 Å². The topological polar surface area (TPSA) is 80.3 Å². The summed E-state index contributed by atoms with van der Waals surface area (Å²) in [6.45, 7) is 8.01.